The standard InChI is InChI=1S/C15H14ClN3O2/c1-20-11-4-3-5-12(21-2)13(11)15-18-10-7-8(16)6-9(17)14(10)19-15/h3-7H,17H2,1-2H3,(H,18,19). The molecule has 0 saturated carbocycles. The lowest BCUT2D eigenvalue weighted by Gasteiger charge is -2.10. The largest absolute Gasteiger partial charge is 0.496 e. The van der Waals surface area contributed by atoms with Crippen LogP contribution in [0.15, 0.2) is 30.3 Å². The van der Waals surface area contributed by atoms with Crippen LogP contribution in [0.3, 0.4) is 0 Å². The second-order valence-electron chi connectivity index (χ2n) is 4.51. The Balaban J connectivity index is 2.28. The minimum atomic E-state index is 0.522. The number of hydrogen-bond donors (Lipinski definition) is 2. The zero-order valence-corrected chi connectivity index (χ0v) is 12.4. The van der Waals surface area contributed by atoms with Crippen molar-refractivity contribution < 1.29 is 9.47 Å². The number of nitrogen functional groups attached to an aromatic ring is 1. The summed E-state index contributed by atoms with van der Waals surface area (Å²) in [5, 5.41) is 0.558. The van der Waals surface area contributed by atoms with E-state index in [1.54, 1.807) is 26.4 Å². The van der Waals surface area contributed by atoms with Gasteiger partial charge in [-0.2, -0.15) is 0 Å². The highest BCUT2D eigenvalue weighted by Crippen LogP contribution is 2.38. The third-order valence-electron chi connectivity index (χ3n) is 3.25. The molecule has 0 amide bonds. The van der Waals surface area contributed by atoms with Gasteiger partial charge in [0.25, 0.3) is 0 Å². The number of benzene rings is 2. The molecule has 1 aromatic heterocycles. The van der Waals surface area contributed by atoms with E-state index in [-0.39, 0.29) is 0 Å². The molecule has 0 aliphatic rings. The van der Waals surface area contributed by atoms with Crippen molar-refractivity contribution in [2.75, 3.05) is 20.0 Å². The van der Waals surface area contributed by atoms with Crippen LogP contribution in [0.1, 0.15) is 0 Å². The van der Waals surface area contributed by atoms with Crippen LogP contribution < -0.4 is 15.2 Å². The Labute approximate surface area is 126 Å². The lowest BCUT2D eigenvalue weighted by Crippen LogP contribution is -1.94. The van der Waals surface area contributed by atoms with Gasteiger partial charge in [0.05, 0.1) is 25.4 Å². The van der Waals surface area contributed by atoms with Gasteiger partial charge < -0.3 is 20.2 Å². The number of aromatic nitrogens is 2. The average molecular weight is 304 g/mol. The maximum atomic E-state index is 6.02. The van der Waals surface area contributed by atoms with Crippen LogP contribution in [0.4, 0.5) is 5.69 Å². The summed E-state index contributed by atoms with van der Waals surface area (Å²) in [6.07, 6.45) is 0. The molecule has 0 fully saturated rings. The first-order valence-electron chi connectivity index (χ1n) is 6.30. The summed E-state index contributed by atoms with van der Waals surface area (Å²) in [6.45, 7) is 0. The van der Waals surface area contributed by atoms with Gasteiger partial charge in [-0.05, 0) is 24.3 Å². The summed E-state index contributed by atoms with van der Waals surface area (Å²) in [7, 11) is 3.21. The van der Waals surface area contributed by atoms with Crippen LogP contribution >= 0.6 is 11.6 Å². The van der Waals surface area contributed by atoms with Gasteiger partial charge in [0, 0.05) is 5.02 Å². The maximum Gasteiger partial charge on any atom is 0.146 e. The fourth-order valence-electron chi connectivity index (χ4n) is 2.31. The molecule has 0 saturated heterocycles. The van der Waals surface area contributed by atoms with Crippen molar-refractivity contribution in [3.8, 4) is 22.9 Å². The summed E-state index contributed by atoms with van der Waals surface area (Å²) in [6, 6.07) is 9.01. The molecule has 0 bridgehead atoms. The molecule has 0 aliphatic heterocycles. The number of methoxy groups -OCH3 is 2. The normalized spacial score (nSPS) is 10.8. The van der Waals surface area contributed by atoms with Crippen molar-refractivity contribution in [1.29, 1.82) is 0 Å². The molecule has 6 heteroatoms. The zero-order chi connectivity index (χ0) is 15.0. The molecule has 3 rings (SSSR count). The first-order chi connectivity index (χ1) is 10.1. The highest BCUT2D eigenvalue weighted by Gasteiger charge is 2.17. The van der Waals surface area contributed by atoms with Crippen LogP contribution in [-0.2, 0) is 0 Å². The van der Waals surface area contributed by atoms with Crippen LogP contribution in [0.25, 0.3) is 22.4 Å². The van der Waals surface area contributed by atoms with Crippen LogP contribution in [0.5, 0.6) is 11.5 Å². The predicted octanol–water partition coefficient (Wildman–Crippen LogP) is 3.48. The molecule has 0 radical (unpaired) electrons. The highest BCUT2D eigenvalue weighted by molar-refractivity contribution is 6.31. The average Bonchev–Trinajstić information content (AvgIpc) is 2.90. The van der Waals surface area contributed by atoms with Crippen molar-refractivity contribution >= 4 is 28.3 Å². The first kappa shape index (κ1) is 13.6. The number of rotatable bonds is 3. The van der Waals surface area contributed by atoms with E-state index in [0.717, 1.165) is 11.1 Å². The molecule has 2 aromatic carbocycles. The number of hydrogen-bond acceptors (Lipinski definition) is 4. The molecule has 21 heavy (non-hydrogen) atoms. The van der Waals surface area contributed by atoms with E-state index in [9.17, 15) is 0 Å². The number of aromatic amines is 1. The topological polar surface area (TPSA) is 73.2 Å². The van der Waals surface area contributed by atoms with E-state index in [4.69, 9.17) is 26.8 Å². The maximum absolute atomic E-state index is 6.02. The number of fused-ring (bicyclic) bond motifs is 1. The molecule has 108 valence electrons. The molecule has 3 N–H and O–H groups in total. The Hall–Kier alpha value is -2.40. The highest BCUT2D eigenvalue weighted by atomic mass is 35.5. The van der Waals surface area contributed by atoms with E-state index >= 15 is 0 Å². The Morgan fingerprint density at radius 1 is 1.14 bits per heavy atom. The van der Waals surface area contributed by atoms with E-state index < -0.39 is 0 Å². The minimum absolute atomic E-state index is 0.522. The summed E-state index contributed by atoms with van der Waals surface area (Å²) >= 11 is 6.02. The summed E-state index contributed by atoms with van der Waals surface area (Å²) in [5.74, 6) is 1.95. The summed E-state index contributed by atoms with van der Waals surface area (Å²) in [5.41, 5.74) is 8.66. The van der Waals surface area contributed by atoms with Gasteiger partial charge in [-0.3, -0.25) is 0 Å². The number of imidazole rings is 1. The smallest absolute Gasteiger partial charge is 0.146 e. The van der Waals surface area contributed by atoms with Gasteiger partial charge in [0.1, 0.15) is 28.4 Å². The molecule has 3 aromatic rings. The van der Waals surface area contributed by atoms with E-state index in [0.29, 0.717) is 33.6 Å². The quantitative estimate of drug-likeness (QED) is 0.727. The Bertz CT molecular complexity index is 792. The fraction of sp³-hybridized carbons (Fsp3) is 0.133. The van der Waals surface area contributed by atoms with Gasteiger partial charge in [0.2, 0.25) is 0 Å². The van der Waals surface area contributed by atoms with Gasteiger partial charge in [0.15, 0.2) is 0 Å². The number of nitrogens with zero attached hydrogens (tertiary/aromatic N) is 1. The molecule has 0 unspecified atom stereocenters. The zero-order valence-electron chi connectivity index (χ0n) is 11.6. The second-order valence-corrected chi connectivity index (χ2v) is 4.95. The molecule has 5 nitrogen and oxygen atoms in total. The van der Waals surface area contributed by atoms with Crippen LogP contribution in [0.2, 0.25) is 5.02 Å². The number of anilines is 1. The molecular formula is C15H14ClN3O2. The van der Waals surface area contributed by atoms with Crippen molar-refractivity contribution in [2.45, 2.75) is 0 Å². The summed E-state index contributed by atoms with van der Waals surface area (Å²) < 4.78 is 10.8. The second kappa shape index (κ2) is 5.18. The van der Waals surface area contributed by atoms with Crippen molar-refractivity contribution in [2.24, 2.45) is 0 Å². The molecule has 0 atom stereocenters. The van der Waals surface area contributed by atoms with Crippen LogP contribution in [0, 0.1) is 0 Å². The SMILES string of the molecule is COc1cccc(OC)c1-c1nc2c(N)cc(Cl)cc2[nH]1. The van der Waals surface area contributed by atoms with Crippen molar-refractivity contribution in [3.05, 3.63) is 35.4 Å². The third-order valence-corrected chi connectivity index (χ3v) is 3.46. The Morgan fingerprint density at radius 2 is 1.81 bits per heavy atom. The van der Waals surface area contributed by atoms with Gasteiger partial charge >= 0.3 is 0 Å². The molecule has 0 spiro atoms. The fourth-order valence-corrected chi connectivity index (χ4v) is 2.54. The number of halogens is 1. The van der Waals surface area contributed by atoms with E-state index in [2.05, 4.69) is 9.97 Å². The number of nitrogens with two attached hydrogens (primary N) is 1. The first-order valence-corrected chi connectivity index (χ1v) is 6.68. The van der Waals surface area contributed by atoms with Gasteiger partial charge in [-0.15, -0.1) is 0 Å². The summed E-state index contributed by atoms with van der Waals surface area (Å²) in [4.78, 5) is 7.75. The van der Waals surface area contributed by atoms with Crippen molar-refractivity contribution in [1.82, 2.24) is 9.97 Å². The number of H-pyrrole nitrogens is 1. The third kappa shape index (κ3) is 2.25. The van der Waals surface area contributed by atoms with Gasteiger partial charge in [-0.1, -0.05) is 17.7 Å². The monoisotopic (exact) mass is 303 g/mol. The van der Waals surface area contributed by atoms with E-state index in [1.165, 1.54) is 0 Å². The molecule has 1 heterocycles. The molecular weight excluding hydrogens is 290 g/mol. The lowest BCUT2D eigenvalue weighted by molar-refractivity contribution is 0.397. The van der Waals surface area contributed by atoms with Crippen LogP contribution in [-0.4, -0.2) is 24.2 Å². The predicted molar refractivity (Wildman–Crippen MR) is 84.1 cm³/mol. The lowest BCUT2D eigenvalue weighted by atomic mass is 10.1. The Kier molecular flexibility index (Phi) is 3.35. The Morgan fingerprint density at radius 3 is 2.43 bits per heavy atom. The minimum Gasteiger partial charge on any atom is -0.496 e. The van der Waals surface area contributed by atoms with Gasteiger partial charge in [-0.25, -0.2) is 4.98 Å². The van der Waals surface area contributed by atoms with Crippen molar-refractivity contribution in [3.63, 3.8) is 0 Å². The number of nitrogens with one attached hydrogen (secondary N) is 1. The number of ether oxygens (including phenoxy) is 2. The molecule has 0 aliphatic carbocycles. The van der Waals surface area contributed by atoms with E-state index in [1.807, 2.05) is 18.2 Å².